The number of hydrogen-bond donors (Lipinski definition) is 2. The number of aryl methyl sites for hydroxylation is 1. The molecule has 8 nitrogen and oxygen atoms in total. The van der Waals surface area contributed by atoms with E-state index in [9.17, 15) is 4.79 Å². The first-order valence-electron chi connectivity index (χ1n) is 7.07. The summed E-state index contributed by atoms with van der Waals surface area (Å²) in [5, 5.41) is 13.9. The van der Waals surface area contributed by atoms with E-state index in [1.165, 1.54) is 0 Å². The zero-order valence-corrected chi connectivity index (χ0v) is 13.3. The molecule has 2 heterocycles. The smallest absolute Gasteiger partial charge is 0.320 e. The van der Waals surface area contributed by atoms with Crippen molar-refractivity contribution in [3.8, 4) is 0 Å². The third-order valence-electron chi connectivity index (χ3n) is 3.49. The van der Waals surface area contributed by atoms with Gasteiger partial charge in [-0.15, -0.1) is 0 Å². The van der Waals surface area contributed by atoms with Gasteiger partial charge in [-0.3, -0.25) is 14.7 Å². The van der Waals surface area contributed by atoms with Gasteiger partial charge in [0, 0.05) is 44.2 Å². The average molecular weight is 306 g/mol. The molecular formula is C14H22N6O2. The topological polar surface area (TPSA) is 86.0 Å². The number of carbonyl (C=O) groups excluding carboxylic acids is 1. The van der Waals surface area contributed by atoms with Crippen LogP contribution in [0.3, 0.4) is 0 Å². The highest BCUT2D eigenvalue weighted by atomic mass is 16.5. The van der Waals surface area contributed by atoms with Gasteiger partial charge in [-0.25, -0.2) is 4.79 Å². The van der Waals surface area contributed by atoms with Gasteiger partial charge < -0.3 is 10.1 Å². The molecule has 2 N–H and O–H groups in total. The van der Waals surface area contributed by atoms with Crippen LogP contribution in [-0.2, 0) is 18.3 Å². The summed E-state index contributed by atoms with van der Waals surface area (Å²) < 4.78 is 8.61. The normalized spacial score (nSPS) is 12.2. The van der Waals surface area contributed by atoms with E-state index in [-0.39, 0.29) is 12.1 Å². The highest BCUT2D eigenvalue weighted by Gasteiger charge is 2.10. The third kappa shape index (κ3) is 3.85. The Morgan fingerprint density at radius 2 is 2.27 bits per heavy atom. The second-order valence-corrected chi connectivity index (χ2v) is 5.17. The standard InChI is InChI=1S/C14H22N6O2/c1-10(9-22-4)20-6-5-13(18-20)17-14(21)15-7-12-8-16-19(3)11(12)2/h5-6,8,10H,7,9H2,1-4H3,(H2,15,17,18,21)/t10-/m1/s1. The number of rotatable bonds is 6. The molecule has 8 heteroatoms. The van der Waals surface area contributed by atoms with Crippen LogP contribution in [0.4, 0.5) is 10.6 Å². The van der Waals surface area contributed by atoms with Gasteiger partial charge in [0.1, 0.15) is 0 Å². The molecular weight excluding hydrogens is 284 g/mol. The van der Waals surface area contributed by atoms with E-state index >= 15 is 0 Å². The Balaban J connectivity index is 1.86. The predicted octanol–water partition coefficient (Wildman–Crippen LogP) is 1.45. The van der Waals surface area contributed by atoms with Gasteiger partial charge in [-0.2, -0.15) is 10.2 Å². The first-order chi connectivity index (χ1) is 10.5. The van der Waals surface area contributed by atoms with Crippen molar-refractivity contribution < 1.29 is 9.53 Å². The van der Waals surface area contributed by atoms with Gasteiger partial charge in [0.2, 0.25) is 0 Å². The van der Waals surface area contributed by atoms with Gasteiger partial charge in [-0.05, 0) is 13.8 Å². The number of hydrogen-bond acceptors (Lipinski definition) is 4. The number of ether oxygens (including phenoxy) is 1. The summed E-state index contributed by atoms with van der Waals surface area (Å²) in [6, 6.07) is 1.57. The lowest BCUT2D eigenvalue weighted by Gasteiger charge is -2.10. The highest BCUT2D eigenvalue weighted by Crippen LogP contribution is 2.09. The molecule has 0 saturated carbocycles. The van der Waals surface area contributed by atoms with Crippen molar-refractivity contribution in [3.63, 3.8) is 0 Å². The van der Waals surface area contributed by atoms with Crippen LogP contribution in [0.25, 0.3) is 0 Å². The molecule has 0 unspecified atom stereocenters. The van der Waals surface area contributed by atoms with E-state index in [1.807, 2.05) is 27.1 Å². The minimum absolute atomic E-state index is 0.113. The van der Waals surface area contributed by atoms with E-state index in [0.717, 1.165) is 11.3 Å². The van der Waals surface area contributed by atoms with Crippen LogP contribution < -0.4 is 10.6 Å². The number of nitrogens with zero attached hydrogens (tertiary/aromatic N) is 4. The molecule has 0 bridgehead atoms. The van der Waals surface area contributed by atoms with Gasteiger partial charge in [0.05, 0.1) is 18.8 Å². The summed E-state index contributed by atoms with van der Waals surface area (Å²) in [6.45, 7) is 4.94. The minimum atomic E-state index is -0.298. The van der Waals surface area contributed by atoms with E-state index in [2.05, 4.69) is 20.8 Å². The fourth-order valence-corrected chi connectivity index (χ4v) is 2.02. The second-order valence-electron chi connectivity index (χ2n) is 5.17. The molecule has 0 saturated heterocycles. The zero-order valence-electron chi connectivity index (χ0n) is 13.3. The first-order valence-corrected chi connectivity index (χ1v) is 7.07. The van der Waals surface area contributed by atoms with Crippen molar-refractivity contribution in [1.82, 2.24) is 24.9 Å². The number of carbonyl (C=O) groups is 1. The lowest BCUT2D eigenvalue weighted by atomic mass is 10.2. The molecule has 2 amide bonds. The van der Waals surface area contributed by atoms with Crippen LogP contribution in [0.15, 0.2) is 18.5 Å². The number of methoxy groups -OCH3 is 1. The van der Waals surface area contributed by atoms with Crippen molar-refractivity contribution >= 4 is 11.8 Å². The van der Waals surface area contributed by atoms with Crippen molar-refractivity contribution in [2.24, 2.45) is 7.05 Å². The Morgan fingerprint density at radius 3 is 2.91 bits per heavy atom. The molecule has 22 heavy (non-hydrogen) atoms. The third-order valence-corrected chi connectivity index (χ3v) is 3.49. The largest absolute Gasteiger partial charge is 0.382 e. The summed E-state index contributed by atoms with van der Waals surface area (Å²) in [4.78, 5) is 11.9. The SMILES string of the molecule is COC[C@@H](C)n1ccc(NC(=O)NCc2cnn(C)c2C)n1. The summed E-state index contributed by atoms with van der Waals surface area (Å²) in [6.07, 6.45) is 3.56. The number of amides is 2. The summed E-state index contributed by atoms with van der Waals surface area (Å²) >= 11 is 0. The summed E-state index contributed by atoms with van der Waals surface area (Å²) in [7, 11) is 3.51. The maximum atomic E-state index is 11.9. The molecule has 0 spiro atoms. The maximum absolute atomic E-state index is 11.9. The fraction of sp³-hybridized carbons (Fsp3) is 0.500. The van der Waals surface area contributed by atoms with E-state index in [0.29, 0.717) is 19.0 Å². The summed E-state index contributed by atoms with van der Waals surface area (Å²) in [5.41, 5.74) is 2.01. The van der Waals surface area contributed by atoms with E-state index < -0.39 is 0 Å². The summed E-state index contributed by atoms with van der Waals surface area (Å²) in [5.74, 6) is 0.503. The number of nitrogens with one attached hydrogen (secondary N) is 2. The molecule has 120 valence electrons. The number of urea groups is 1. The quantitative estimate of drug-likeness (QED) is 0.846. The van der Waals surface area contributed by atoms with Gasteiger partial charge in [-0.1, -0.05) is 0 Å². The Kier molecular flexibility index (Phi) is 5.16. The monoisotopic (exact) mass is 306 g/mol. The van der Waals surface area contributed by atoms with Gasteiger partial charge in [0.25, 0.3) is 0 Å². The minimum Gasteiger partial charge on any atom is -0.382 e. The van der Waals surface area contributed by atoms with Crippen molar-refractivity contribution in [3.05, 3.63) is 29.7 Å². The molecule has 1 atom stereocenters. The lowest BCUT2D eigenvalue weighted by molar-refractivity contribution is 0.157. The predicted molar refractivity (Wildman–Crippen MR) is 82.6 cm³/mol. The molecule has 2 aromatic heterocycles. The molecule has 0 aromatic carbocycles. The van der Waals surface area contributed by atoms with E-state index in [1.54, 1.807) is 28.7 Å². The van der Waals surface area contributed by atoms with Crippen LogP contribution in [0.1, 0.15) is 24.2 Å². The number of aromatic nitrogens is 4. The lowest BCUT2D eigenvalue weighted by Crippen LogP contribution is -2.28. The Hall–Kier alpha value is -2.35. The molecule has 2 aromatic rings. The molecule has 2 rings (SSSR count). The molecule has 0 aliphatic rings. The fourth-order valence-electron chi connectivity index (χ4n) is 2.02. The molecule has 0 fully saturated rings. The second kappa shape index (κ2) is 7.08. The van der Waals surface area contributed by atoms with Crippen LogP contribution in [-0.4, -0.2) is 39.3 Å². The van der Waals surface area contributed by atoms with Crippen LogP contribution in [0, 0.1) is 6.92 Å². The van der Waals surface area contributed by atoms with Gasteiger partial charge in [0.15, 0.2) is 5.82 Å². The average Bonchev–Trinajstić information content (AvgIpc) is 3.06. The molecule has 0 radical (unpaired) electrons. The molecule has 0 aliphatic heterocycles. The molecule has 0 aliphatic carbocycles. The van der Waals surface area contributed by atoms with Crippen LogP contribution in [0.2, 0.25) is 0 Å². The number of anilines is 1. The Morgan fingerprint density at radius 1 is 1.50 bits per heavy atom. The Labute approximate surface area is 129 Å². The van der Waals surface area contributed by atoms with Crippen molar-refractivity contribution in [2.75, 3.05) is 19.0 Å². The van der Waals surface area contributed by atoms with Crippen molar-refractivity contribution in [2.45, 2.75) is 26.4 Å². The first kappa shape index (κ1) is 16.0. The maximum Gasteiger partial charge on any atom is 0.320 e. The van der Waals surface area contributed by atoms with Crippen LogP contribution in [0.5, 0.6) is 0 Å². The Bertz CT molecular complexity index is 633. The van der Waals surface area contributed by atoms with Crippen molar-refractivity contribution in [1.29, 1.82) is 0 Å². The zero-order chi connectivity index (χ0) is 16.1. The van der Waals surface area contributed by atoms with Gasteiger partial charge >= 0.3 is 6.03 Å². The highest BCUT2D eigenvalue weighted by molar-refractivity contribution is 5.88. The van der Waals surface area contributed by atoms with E-state index in [4.69, 9.17) is 4.74 Å². The van der Waals surface area contributed by atoms with Crippen LogP contribution >= 0.6 is 0 Å².